The number of nitrogens with one attached hydrogen (secondary N) is 1. The fourth-order valence-corrected chi connectivity index (χ4v) is 2.81. The summed E-state index contributed by atoms with van der Waals surface area (Å²) in [6, 6.07) is 4.46. The van der Waals surface area contributed by atoms with E-state index < -0.39 is 0 Å². The van der Waals surface area contributed by atoms with Crippen LogP contribution in [-0.2, 0) is 0 Å². The van der Waals surface area contributed by atoms with Crippen molar-refractivity contribution in [1.29, 1.82) is 0 Å². The molecule has 0 bridgehead atoms. The molecular formula is C16H27NO2. The lowest BCUT2D eigenvalue weighted by molar-refractivity contribution is 0.154. The van der Waals surface area contributed by atoms with Gasteiger partial charge in [-0.2, -0.15) is 0 Å². The lowest BCUT2D eigenvalue weighted by atomic mass is 9.84. The van der Waals surface area contributed by atoms with Crippen LogP contribution in [0.1, 0.15) is 36.6 Å². The molecule has 0 saturated carbocycles. The maximum absolute atomic E-state index is 9.63. The molecule has 3 heteroatoms. The summed E-state index contributed by atoms with van der Waals surface area (Å²) in [6.07, 6.45) is 0. The summed E-state index contributed by atoms with van der Waals surface area (Å²) in [4.78, 5) is 0. The first-order valence-corrected chi connectivity index (χ1v) is 6.89. The molecule has 1 rings (SSSR count). The molecule has 108 valence electrons. The van der Waals surface area contributed by atoms with Crippen LogP contribution in [0.15, 0.2) is 12.1 Å². The molecule has 0 amide bonds. The van der Waals surface area contributed by atoms with Gasteiger partial charge in [-0.25, -0.2) is 0 Å². The largest absolute Gasteiger partial charge is 0.496 e. The number of benzene rings is 1. The summed E-state index contributed by atoms with van der Waals surface area (Å²) >= 11 is 0. The molecule has 2 atom stereocenters. The minimum Gasteiger partial charge on any atom is -0.496 e. The molecule has 0 aliphatic rings. The molecule has 0 heterocycles. The van der Waals surface area contributed by atoms with Crippen molar-refractivity contribution in [2.75, 3.05) is 20.8 Å². The van der Waals surface area contributed by atoms with Gasteiger partial charge in [0.25, 0.3) is 0 Å². The predicted molar refractivity (Wildman–Crippen MR) is 79.7 cm³/mol. The first-order valence-electron chi connectivity index (χ1n) is 6.89. The third-order valence-electron chi connectivity index (χ3n) is 3.85. The van der Waals surface area contributed by atoms with Gasteiger partial charge >= 0.3 is 0 Å². The van der Waals surface area contributed by atoms with Gasteiger partial charge in [-0.15, -0.1) is 0 Å². The van der Waals surface area contributed by atoms with Crippen molar-refractivity contribution in [2.45, 2.75) is 33.7 Å². The second-order valence-electron chi connectivity index (χ2n) is 5.54. The molecule has 1 aromatic rings. The monoisotopic (exact) mass is 265 g/mol. The molecule has 0 aromatic heterocycles. The van der Waals surface area contributed by atoms with Crippen molar-refractivity contribution in [3.63, 3.8) is 0 Å². The average Bonchev–Trinajstić information content (AvgIpc) is 2.34. The molecule has 0 aliphatic heterocycles. The molecule has 0 fully saturated rings. The van der Waals surface area contributed by atoms with E-state index in [0.29, 0.717) is 5.92 Å². The van der Waals surface area contributed by atoms with Crippen LogP contribution in [0.4, 0.5) is 0 Å². The first kappa shape index (κ1) is 16.0. The fourth-order valence-electron chi connectivity index (χ4n) is 2.81. The zero-order valence-corrected chi connectivity index (χ0v) is 12.9. The van der Waals surface area contributed by atoms with Gasteiger partial charge in [-0.3, -0.25) is 0 Å². The van der Waals surface area contributed by atoms with Crippen LogP contribution in [0.2, 0.25) is 0 Å². The highest BCUT2D eigenvalue weighted by Gasteiger charge is 2.25. The Hall–Kier alpha value is -1.06. The average molecular weight is 265 g/mol. The number of aliphatic hydroxyl groups is 1. The zero-order valence-electron chi connectivity index (χ0n) is 12.9. The second kappa shape index (κ2) is 6.92. The number of aryl methyl sites for hydroxylation is 2. The highest BCUT2D eigenvalue weighted by molar-refractivity contribution is 5.44. The summed E-state index contributed by atoms with van der Waals surface area (Å²) in [5, 5.41) is 13.0. The van der Waals surface area contributed by atoms with Crippen LogP contribution in [0.3, 0.4) is 0 Å². The van der Waals surface area contributed by atoms with Gasteiger partial charge in [0.2, 0.25) is 0 Å². The number of hydrogen-bond donors (Lipinski definition) is 2. The Kier molecular flexibility index (Phi) is 5.83. The van der Waals surface area contributed by atoms with Crippen LogP contribution in [0, 0.1) is 25.7 Å². The van der Waals surface area contributed by atoms with E-state index in [1.807, 2.05) is 7.05 Å². The van der Waals surface area contributed by atoms with Crippen LogP contribution in [0.25, 0.3) is 0 Å². The highest BCUT2D eigenvalue weighted by atomic mass is 16.5. The van der Waals surface area contributed by atoms with Crippen molar-refractivity contribution >= 4 is 0 Å². The van der Waals surface area contributed by atoms with Gasteiger partial charge < -0.3 is 15.2 Å². The van der Waals surface area contributed by atoms with Gasteiger partial charge in [0.05, 0.1) is 7.11 Å². The summed E-state index contributed by atoms with van der Waals surface area (Å²) in [7, 11) is 3.65. The summed E-state index contributed by atoms with van der Waals surface area (Å²) in [5.74, 6) is 1.58. The lowest BCUT2D eigenvalue weighted by Crippen LogP contribution is -2.31. The standard InChI is InChI=1S/C16H27NO2/c1-10(2)14(9-18)15(17-5)13-7-11(3)16(19-6)12(4)8-13/h7-8,10,14-15,17-18H,9H2,1-6H3. The van der Waals surface area contributed by atoms with Crippen molar-refractivity contribution in [3.05, 3.63) is 28.8 Å². The highest BCUT2D eigenvalue weighted by Crippen LogP contribution is 2.32. The van der Waals surface area contributed by atoms with E-state index in [0.717, 1.165) is 16.9 Å². The number of hydrogen-bond acceptors (Lipinski definition) is 3. The third-order valence-corrected chi connectivity index (χ3v) is 3.85. The Morgan fingerprint density at radius 2 is 1.74 bits per heavy atom. The van der Waals surface area contributed by atoms with Crippen molar-refractivity contribution in [2.24, 2.45) is 11.8 Å². The molecule has 3 nitrogen and oxygen atoms in total. The maximum atomic E-state index is 9.63. The lowest BCUT2D eigenvalue weighted by Gasteiger charge is -2.29. The van der Waals surface area contributed by atoms with Crippen LogP contribution >= 0.6 is 0 Å². The normalized spacial score (nSPS) is 14.5. The van der Waals surface area contributed by atoms with Crippen LogP contribution < -0.4 is 10.1 Å². The van der Waals surface area contributed by atoms with E-state index in [2.05, 4.69) is 45.1 Å². The van der Waals surface area contributed by atoms with E-state index in [4.69, 9.17) is 4.74 Å². The molecule has 0 saturated heterocycles. The summed E-state index contributed by atoms with van der Waals surface area (Å²) < 4.78 is 5.41. The van der Waals surface area contributed by atoms with Gasteiger partial charge in [-0.1, -0.05) is 26.0 Å². The minimum atomic E-state index is 0.160. The van der Waals surface area contributed by atoms with Crippen molar-refractivity contribution < 1.29 is 9.84 Å². The first-order chi connectivity index (χ1) is 8.96. The third kappa shape index (κ3) is 3.48. The van der Waals surface area contributed by atoms with E-state index in [9.17, 15) is 5.11 Å². The van der Waals surface area contributed by atoms with E-state index in [-0.39, 0.29) is 18.6 Å². The predicted octanol–water partition coefficient (Wildman–Crippen LogP) is 2.84. The van der Waals surface area contributed by atoms with Gasteiger partial charge in [0, 0.05) is 18.6 Å². The molecule has 0 aliphatic carbocycles. The quantitative estimate of drug-likeness (QED) is 0.831. The van der Waals surface area contributed by atoms with Crippen LogP contribution in [0.5, 0.6) is 5.75 Å². The molecule has 2 unspecified atom stereocenters. The van der Waals surface area contributed by atoms with Gasteiger partial charge in [0.1, 0.15) is 5.75 Å². The van der Waals surface area contributed by atoms with Crippen molar-refractivity contribution in [1.82, 2.24) is 5.32 Å². The number of aliphatic hydroxyl groups excluding tert-OH is 1. The Morgan fingerprint density at radius 1 is 1.21 bits per heavy atom. The Balaban J connectivity index is 3.19. The summed E-state index contributed by atoms with van der Waals surface area (Å²) in [6.45, 7) is 8.60. The van der Waals surface area contributed by atoms with Crippen molar-refractivity contribution in [3.8, 4) is 5.75 Å². The Morgan fingerprint density at radius 3 is 2.05 bits per heavy atom. The second-order valence-corrected chi connectivity index (χ2v) is 5.54. The Bertz CT molecular complexity index is 392. The molecule has 0 spiro atoms. The number of rotatable bonds is 6. The van der Waals surface area contributed by atoms with E-state index in [1.165, 1.54) is 5.56 Å². The molecular weight excluding hydrogens is 238 g/mol. The number of ether oxygens (including phenoxy) is 1. The number of methoxy groups -OCH3 is 1. The zero-order chi connectivity index (χ0) is 14.6. The topological polar surface area (TPSA) is 41.5 Å². The molecule has 2 N–H and O–H groups in total. The fraction of sp³-hybridized carbons (Fsp3) is 0.625. The van der Waals surface area contributed by atoms with E-state index >= 15 is 0 Å². The van der Waals surface area contributed by atoms with Gasteiger partial charge in [-0.05, 0) is 43.5 Å². The molecule has 0 radical (unpaired) electrons. The SMILES string of the molecule is CNC(c1cc(C)c(OC)c(C)c1)C(CO)C(C)C. The smallest absolute Gasteiger partial charge is 0.124 e. The molecule has 19 heavy (non-hydrogen) atoms. The van der Waals surface area contributed by atoms with Crippen LogP contribution in [-0.4, -0.2) is 25.9 Å². The van der Waals surface area contributed by atoms with Gasteiger partial charge in [0.15, 0.2) is 0 Å². The molecule has 1 aromatic carbocycles. The Labute approximate surface area is 117 Å². The van der Waals surface area contributed by atoms with E-state index in [1.54, 1.807) is 7.11 Å². The maximum Gasteiger partial charge on any atom is 0.124 e. The minimum absolute atomic E-state index is 0.160. The summed E-state index contributed by atoms with van der Waals surface area (Å²) in [5.41, 5.74) is 3.49.